The second-order valence-corrected chi connectivity index (χ2v) is 5.26. The zero-order valence-electron chi connectivity index (χ0n) is 14.9. The summed E-state index contributed by atoms with van der Waals surface area (Å²) in [6.07, 6.45) is 0. The van der Waals surface area contributed by atoms with Gasteiger partial charge in [-0.1, -0.05) is 18.2 Å². The van der Waals surface area contributed by atoms with Gasteiger partial charge in [-0.15, -0.1) is 34.2 Å². The van der Waals surface area contributed by atoms with Gasteiger partial charge in [-0.25, -0.2) is 4.99 Å². The number of aliphatic imine (C=N–C) groups is 1. The number of ether oxygens (including phenoxy) is 1. The van der Waals surface area contributed by atoms with Gasteiger partial charge in [0.15, 0.2) is 11.8 Å². The standard InChI is InChI=1S/C16H22F2N6O.HI/c1-4-19-16(21-10-14-23-22-11(2)24(14)3)20-9-12-7-5-6-8-13(12)25-15(17)18;/h5-8,15H,4,9-10H2,1-3H3,(H2,19,20,21);1H. The number of aryl methyl sites for hydroxylation is 1. The van der Waals surface area contributed by atoms with Crippen molar-refractivity contribution >= 4 is 29.9 Å². The van der Waals surface area contributed by atoms with Crippen LogP contribution in [0.5, 0.6) is 5.75 Å². The maximum atomic E-state index is 12.5. The minimum absolute atomic E-state index is 0. The second-order valence-electron chi connectivity index (χ2n) is 5.26. The molecule has 0 fully saturated rings. The number of rotatable bonds is 7. The summed E-state index contributed by atoms with van der Waals surface area (Å²) < 4.78 is 31.3. The summed E-state index contributed by atoms with van der Waals surface area (Å²) in [4.78, 5) is 4.42. The molecule has 0 aliphatic rings. The van der Waals surface area contributed by atoms with E-state index in [1.54, 1.807) is 18.2 Å². The van der Waals surface area contributed by atoms with E-state index in [0.717, 1.165) is 11.6 Å². The Bertz CT molecular complexity index is 723. The van der Waals surface area contributed by atoms with Gasteiger partial charge in [-0.3, -0.25) is 0 Å². The largest absolute Gasteiger partial charge is 0.434 e. The van der Waals surface area contributed by atoms with Crippen molar-refractivity contribution in [3.63, 3.8) is 0 Å². The molecule has 0 spiro atoms. The van der Waals surface area contributed by atoms with Gasteiger partial charge in [0.1, 0.15) is 11.6 Å². The molecule has 2 aromatic rings. The van der Waals surface area contributed by atoms with Crippen molar-refractivity contribution in [1.29, 1.82) is 0 Å². The Morgan fingerprint density at radius 3 is 2.62 bits per heavy atom. The summed E-state index contributed by atoms with van der Waals surface area (Å²) >= 11 is 0. The normalized spacial score (nSPS) is 11.2. The molecule has 0 radical (unpaired) electrons. The Morgan fingerprint density at radius 2 is 2.00 bits per heavy atom. The molecule has 10 heteroatoms. The lowest BCUT2D eigenvalue weighted by Gasteiger charge is -2.12. The van der Waals surface area contributed by atoms with Gasteiger partial charge in [0.05, 0.1) is 13.1 Å². The van der Waals surface area contributed by atoms with E-state index in [1.165, 1.54) is 6.07 Å². The van der Waals surface area contributed by atoms with Crippen molar-refractivity contribution < 1.29 is 13.5 Å². The molecule has 7 nitrogen and oxygen atoms in total. The molecule has 1 aromatic carbocycles. The molecule has 1 aromatic heterocycles. The second kappa shape index (κ2) is 10.9. The number of alkyl halides is 2. The lowest BCUT2D eigenvalue weighted by atomic mass is 10.2. The minimum Gasteiger partial charge on any atom is -0.434 e. The zero-order valence-corrected chi connectivity index (χ0v) is 17.2. The SMILES string of the molecule is CCNC(=NCc1ccccc1OC(F)F)NCc1nnc(C)n1C.I. The maximum Gasteiger partial charge on any atom is 0.387 e. The van der Waals surface area contributed by atoms with E-state index in [2.05, 4.69) is 30.6 Å². The van der Waals surface area contributed by atoms with Gasteiger partial charge in [-0.2, -0.15) is 8.78 Å². The predicted octanol–water partition coefficient (Wildman–Crippen LogP) is 2.60. The fourth-order valence-corrected chi connectivity index (χ4v) is 2.12. The highest BCUT2D eigenvalue weighted by atomic mass is 127. The van der Waals surface area contributed by atoms with Crippen molar-refractivity contribution in [3.05, 3.63) is 41.5 Å². The molecule has 0 atom stereocenters. The Morgan fingerprint density at radius 1 is 1.27 bits per heavy atom. The van der Waals surface area contributed by atoms with E-state index in [9.17, 15) is 8.78 Å². The van der Waals surface area contributed by atoms with Crippen LogP contribution in [0.1, 0.15) is 24.1 Å². The van der Waals surface area contributed by atoms with Gasteiger partial charge in [0.25, 0.3) is 0 Å². The van der Waals surface area contributed by atoms with Gasteiger partial charge in [0, 0.05) is 19.2 Å². The summed E-state index contributed by atoms with van der Waals surface area (Å²) in [5, 5.41) is 14.3. The predicted molar refractivity (Wildman–Crippen MR) is 106 cm³/mol. The van der Waals surface area contributed by atoms with E-state index >= 15 is 0 Å². The van der Waals surface area contributed by atoms with Crippen molar-refractivity contribution in [2.75, 3.05) is 6.54 Å². The molecule has 0 aliphatic heterocycles. The number of hydrogen-bond acceptors (Lipinski definition) is 4. The molecule has 2 rings (SSSR count). The van der Waals surface area contributed by atoms with E-state index in [1.807, 2.05) is 25.5 Å². The van der Waals surface area contributed by atoms with E-state index in [0.29, 0.717) is 24.6 Å². The molecule has 144 valence electrons. The summed E-state index contributed by atoms with van der Waals surface area (Å²) in [7, 11) is 1.88. The van der Waals surface area contributed by atoms with Crippen molar-refractivity contribution in [2.24, 2.45) is 12.0 Å². The van der Waals surface area contributed by atoms with Crippen LogP contribution < -0.4 is 15.4 Å². The number of nitrogens with one attached hydrogen (secondary N) is 2. The molecule has 0 saturated carbocycles. The molecule has 26 heavy (non-hydrogen) atoms. The number of para-hydroxylation sites is 1. The molecule has 0 unspecified atom stereocenters. The smallest absolute Gasteiger partial charge is 0.387 e. The topological polar surface area (TPSA) is 76.4 Å². The Hall–Kier alpha value is -1.98. The summed E-state index contributed by atoms with van der Waals surface area (Å²) in [5.41, 5.74) is 0.578. The summed E-state index contributed by atoms with van der Waals surface area (Å²) in [6.45, 7) is 2.26. The average molecular weight is 480 g/mol. The number of halogens is 3. The van der Waals surface area contributed by atoms with Crippen LogP contribution in [0.3, 0.4) is 0 Å². The van der Waals surface area contributed by atoms with Crippen molar-refractivity contribution in [3.8, 4) is 5.75 Å². The fraction of sp³-hybridized carbons (Fsp3) is 0.438. The van der Waals surface area contributed by atoms with Gasteiger partial charge >= 0.3 is 6.61 Å². The number of aromatic nitrogens is 3. The lowest BCUT2D eigenvalue weighted by Crippen LogP contribution is -2.37. The third-order valence-electron chi connectivity index (χ3n) is 3.54. The highest BCUT2D eigenvalue weighted by Gasteiger charge is 2.09. The van der Waals surface area contributed by atoms with Gasteiger partial charge in [-0.05, 0) is 19.9 Å². The Kier molecular flexibility index (Phi) is 9.24. The Balaban J connectivity index is 0.00000338. The number of benzene rings is 1. The van der Waals surface area contributed by atoms with E-state index in [-0.39, 0.29) is 36.3 Å². The Labute approximate surface area is 168 Å². The number of nitrogens with zero attached hydrogens (tertiary/aromatic N) is 4. The first-order valence-corrected chi connectivity index (χ1v) is 7.91. The third kappa shape index (κ3) is 6.39. The van der Waals surface area contributed by atoms with Crippen molar-refractivity contribution in [2.45, 2.75) is 33.5 Å². The van der Waals surface area contributed by atoms with Crippen LogP contribution in [-0.4, -0.2) is 33.9 Å². The van der Waals surface area contributed by atoms with E-state index in [4.69, 9.17) is 0 Å². The molecule has 0 bridgehead atoms. The maximum absolute atomic E-state index is 12.5. The first-order valence-electron chi connectivity index (χ1n) is 7.91. The summed E-state index contributed by atoms with van der Waals surface area (Å²) in [6, 6.07) is 6.60. The average Bonchev–Trinajstić information content (AvgIpc) is 2.90. The number of guanidine groups is 1. The fourth-order valence-electron chi connectivity index (χ4n) is 2.12. The molecular weight excluding hydrogens is 457 g/mol. The van der Waals surface area contributed by atoms with Gasteiger partial charge < -0.3 is 19.9 Å². The lowest BCUT2D eigenvalue weighted by molar-refractivity contribution is -0.0504. The van der Waals surface area contributed by atoms with Crippen LogP contribution >= 0.6 is 24.0 Å². The highest BCUT2D eigenvalue weighted by molar-refractivity contribution is 14.0. The third-order valence-corrected chi connectivity index (χ3v) is 3.54. The van der Waals surface area contributed by atoms with Crippen LogP contribution in [-0.2, 0) is 20.1 Å². The van der Waals surface area contributed by atoms with Gasteiger partial charge in [0.2, 0.25) is 0 Å². The van der Waals surface area contributed by atoms with Crippen LogP contribution in [0.4, 0.5) is 8.78 Å². The van der Waals surface area contributed by atoms with Crippen LogP contribution in [0.2, 0.25) is 0 Å². The first kappa shape index (κ1) is 22.1. The van der Waals surface area contributed by atoms with E-state index < -0.39 is 6.61 Å². The molecule has 2 N–H and O–H groups in total. The first-order chi connectivity index (χ1) is 12.0. The quantitative estimate of drug-likeness (QED) is 0.362. The molecule has 0 aliphatic carbocycles. The molecule has 1 heterocycles. The van der Waals surface area contributed by atoms with Crippen LogP contribution in [0.15, 0.2) is 29.3 Å². The van der Waals surface area contributed by atoms with Crippen molar-refractivity contribution in [1.82, 2.24) is 25.4 Å². The molecule has 0 amide bonds. The van der Waals surface area contributed by atoms with Crippen LogP contribution in [0, 0.1) is 6.92 Å². The molecule has 0 saturated heterocycles. The minimum atomic E-state index is -2.87. The highest BCUT2D eigenvalue weighted by Crippen LogP contribution is 2.20. The summed E-state index contributed by atoms with van der Waals surface area (Å²) in [5.74, 6) is 2.26. The monoisotopic (exact) mass is 480 g/mol. The van der Waals surface area contributed by atoms with Crippen LogP contribution in [0.25, 0.3) is 0 Å². The zero-order chi connectivity index (χ0) is 18.2. The number of hydrogen-bond donors (Lipinski definition) is 2. The molecular formula is C16H23F2IN6O.